The molecule has 1 heterocycles. The van der Waals surface area contributed by atoms with Gasteiger partial charge in [0, 0.05) is 16.7 Å². The molecule has 2 N–H and O–H groups in total. The lowest BCUT2D eigenvalue weighted by Crippen LogP contribution is -2.12. The van der Waals surface area contributed by atoms with E-state index >= 15 is 0 Å². The topological polar surface area (TPSA) is 63.2 Å². The first-order valence-corrected chi connectivity index (χ1v) is 8.79. The number of rotatable bonds is 5. The molecule has 3 aromatic rings. The second kappa shape index (κ2) is 8.10. The van der Waals surface area contributed by atoms with E-state index in [4.69, 9.17) is 16.3 Å². The van der Waals surface area contributed by atoms with Crippen LogP contribution < -0.4 is 15.4 Å². The van der Waals surface area contributed by atoms with Gasteiger partial charge in [0.1, 0.15) is 11.6 Å². The van der Waals surface area contributed by atoms with E-state index in [0.29, 0.717) is 27.8 Å². The average Bonchev–Trinajstić information content (AvgIpc) is 2.66. The third-order valence-electron chi connectivity index (χ3n) is 4.08. The van der Waals surface area contributed by atoms with Crippen molar-refractivity contribution in [2.24, 2.45) is 0 Å². The number of anilines is 3. The van der Waals surface area contributed by atoms with Crippen molar-refractivity contribution < 1.29 is 9.53 Å². The van der Waals surface area contributed by atoms with Gasteiger partial charge in [-0.1, -0.05) is 29.3 Å². The van der Waals surface area contributed by atoms with Gasteiger partial charge in [-0.2, -0.15) is 0 Å². The quantitative estimate of drug-likeness (QED) is 0.624. The van der Waals surface area contributed by atoms with Crippen LogP contribution in [0.2, 0.25) is 5.02 Å². The average molecular weight is 382 g/mol. The third-order valence-corrected chi connectivity index (χ3v) is 4.49. The molecule has 0 atom stereocenters. The number of aryl methyl sites for hydroxylation is 2. The second-order valence-electron chi connectivity index (χ2n) is 6.18. The number of methoxy groups -OCH3 is 1. The maximum atomic E-state index is 12.3. The summed E-state index contributed by atoms with van der Waals surface area (Å²) in [5.74, 6) is 1.08. The Kier molecular flexibility index (Phi) is 5.62. The van der Waals surface area contributed by atoms with Crippen LogP contribution in [0, 0.1) is 13.8 Å². The van der Waals surface area contributed by atoms with E-state index in [1.165, 1.54) is 0 Å². The number of nitrogens with one attached hydrogen (secondary N) is 2. The molecule has 3 rings (SSSR count). The van der Waals surface area contributed by atoms with Crippen LogP contribution in [0.1, 0.15) is 21.5 Å². The molecule has 0 saturated carbocycles. The minimum atomic E-state index is -0.174. The standard InChI is InChI=1S/C21H20ClN3O2/c1-13-4-6-15(7-5-13)21(26)24-16-8-9-20(23-12-16)25-18-10-14(2)17(22)11-19(18)27-3/h4-12H,1-3H3,(H,23,25)(H,24,26). The highest BCUT2D eigenvalue weighted by Crippen LogP contribution is 2.32. The largest absolute Gasteiger partial charge is 0.495 e. The van der Waals surface area contributed by atoms with Crippen LogP contribution in [0.5, 0.6) is 5.75 Å². The number of aromatic nitrogens is 1. The van der Waals surface area contributed by atoms with Crippen molar-refractivity contribution in [3.63, 3.8) is 0 Å². The van der Waals surface area contributed by atoms with Crippen LogP contribution in [0.15, 0.2) is 54.7 Å². The molecular weight excluding hydrogens is 362 g/mol. The Morgan fingerprint density at radius 3 is 2.44 bits per heavy atom. The van der Waals surface area contributed by atoms with E-state index in [1.807, 2.05) is 32.0 Å². The summed E-state index contributed by atoms with van der Waals surface area (Å²) in [6.07, 6.45) is 1.60. The molecule has 0 fully saturated rings. The molecule has 27 heavy (non-hydrogen) atoms. The molecule has 2 aromatic carbocycles. The Balaban J connectivity index is 1.71. The first kappa shape index (κ1) is 18.7. The van der Waals surface area contributed by atoms with Gasteiger partial charge in [-0.15, -0.1) is 0 Å². The highest BCUT2D eigenvalue weighted by Gasteiger charge is 2.09. The van der Waals surface area contributed by atoms with E-state index < -0.39 is 0 Å². The smallest absolute Gasteiger partial charge is 0.255 e. The molecule has 6 heteroatoms. The lowest BCUT2D eigenvalue weighted by Gasteiger charge is -2.13. The van der Waals surface area contributed by atoms with Crippen LogP contribution in [-0.4, -0.2) is 18.0 Å². The maximum Gasteiger partial charge on any atom is 0.255 e. The highest BCUT2D eigenvalue weighted by atomic mass is 35.5. The van der Waals surface area contributed by atoms with Gasteiger partial charge in [-0.05, 0) is 49.7 Å². The van der Waals surface area contributed by atoms with Crippen LogP contribution in [0.25, 0.3) is 0 Å². The first-order valence-electron chi connectivity index (χ1n) is 8.41. The highest BCUT2D eigenvalue weighted by molar-refractivity contribution is 6.31. The van der Waals surface area contributed by atoms with Crippen molar-refractivity contribution in [1.29, 1.82) is 0 Å². The van der Waals surface area contributed by atoms with Crippen LogP contribution >= 0.6 is 11.6 Å². The monoisotopic (exact) mass is 381 g/mol. The predicted octanol–water partition coefficient (Wildman–Crippen LogP) is 5.36. The van der Waals surface area contributed by atoms with Gasteiger partial charge in [0.15, 0.2) is 0 Å². The van der Waals surface area contributed by atoms with E-state index in [0.717, 1.165) is 16.8 Å². The van der Waals surface area contributed by atoms with E-state index in [1.54, 1.807) is 43.6 Å². The van der Waals surface area contributed by atoms with Gasteiger partial charge in [0.25, 0.3) is 5.91 Å². The van der Waals surface area contributed by atoms with E-state index in [2.05, 4.69) is 15.6 Å². The molecule has 0 aliphatic rings. The third kappa shape index (κ3) is 4.57. The molecule has 0 aliphatic heterocycles. The molecule has 0 unspecified atom stereocenters. The number of halogens is 1. The van der Waals surface area contributed by atoms with Crippen molar-refractivity contribution in [1.82, 2.24) is 4.98 Å². The number of carbonyl (C=O) groups excluding carboxylic acids is 1. The van der Waals surface area contributed by atoms with Crippen molar-refractivity contribution >= 4 is 34.7 Å². The number of benzene rings is 2. The molecule has 0 spiro atoms. The number of carbonyl (C=O) groups is 1. The van der Waals surface area contributed by atoms with Gasteiger partial charge in [0.2, 0.25) is 0 Å². The number of ether oxygens (including phenoxy) is 1. The fraction of sp³-hybridized carbons (Fsp3) is 0.143. The number of hydrogen-bond donors (Lipinski definition) is 2. The Hall–Kier alpha value is -3.05. The Labute approximate surface area is 163 Å². The first-order chi connectivity index (χ1) is 13.0. The molecule has 0 bridgehead atoms. The Morgan fingerprint density at radius 2 is 1.81 bits per heavy atom. The van der Waals surface area contributed by atoms with Crippen LogP contribution in [0.4, 0.5) is 17.2 Å². The number of hydrogen-bond acceptors (Lipinski definition) is 4. The fourth-order valence-electron chi connectivity index (χ4n) is 2.52. The summed E-state index contributed by atoms with van der Waals surface area (Å²) in [5, 5.41) is 6.68. The van der Waals surface area contributed by atoms with Crippen molar-refractivity contribution in [3.05, 3.63) is 76.4 Å². The number of amides is 1. The van der Waals surface area contributed by atoms with Crippen LogP contribution in [0.3, 0.4) is 0 Å². The molecule has 0 saturated heterocycles. The second-order valence-corrected chi connectivity index (χ2v) is 6.59. The van der Waals surface area contributed by atoms with Gasteiger partial charge in [-0.3, -0.25) is 4.79 Å². The summed E-state index contributed by atoms with van der Waals surface area (Å²) in [6, 6.07) is 14.6. The lowest BCUT2D eigenvalue weighted by molar-refractivity contribution is 0.102. The molecule has 1 amide bonds. The van der Waals surface area contributed by atoms with Gasteiger partial charge < -0.3 is 15.4 Å². The summed E-state index contributed by atoms with van der Waals surface area (Å²) in [6.45, 7) is 3.90. The number of pyridine rings is 1. The lowest BCUT2D eigenvalue weighted by atomic mass is 10.1. The van der Waals surface area contributed by atoms with Crippen molar-refractivity contribution in [3.8, 4) is 5.75 Å². The van der Waals surface area contributed by atoms with Gasteiger partial charge >= 0.3 is 0 Å². The molecule has 0 radical (unpaired) electrons. The molecular formula is C21H20ClN3O2. The summed E-state index contributed by atoms with van der Waals surface area (Å²) in [7, 11) is 1.59. The summed E-state index contributed by atoms with van der Waals surface area (Å²) >= 11 is 6.13. The maximum absolute atomic E-state index is 12.3. The zero-order chi connectivity index (χ0) is 19.4. The fourth-order valence-corrected chi connectivity index (χ4v) is 2.67. The minimum absolute atomic E-state index is 0.174. The zero-order valence-electron chi connectivity index (χ0n) is 15.3. The SMILES string of the molecule is COc1cc(Cl)c(C)cc1Nc1ccc(NC(=O)c2ccc(C)cc2)cn1. The molecule has 1 aromatic heterocycles. The van der Waals surface area contributed by atoms with Crippen molar-refractivity contribution in [2.45, 2.75) is 13.8 Å². The summed E-state index contributed by atoms with van der Waals surface area (Å²) in [5.41, 5.74) is 4.02. The number of nitrogens with zero attached hydrogens (tertiary/aromatic N) is 1. The predicted molar refractivity (Wildman–Crippen MR) is 109 cm³/mol. The van der Waals surface area contributed by atoms with Crippen molar-refractivity contribution in [2.75, 3.05) is 17.7 Å². The summed E-state index contributed by atoms with van der Waals surface area (Å²) < 4.78 is 5.36. The molecule has 138 valence electrons. The molecule has 5 nitrogen and oxygen atoms in total. The normalized spacial score (nSPS) is 10.4. The minimum Gasteiger partial charge on any atom is -0.495 e. The Bertz CT molecular complexity index is 954. The van der Waals surface area contributed by atoms with E-state index in [-0.39, 0.29) is 5.91 Å². The molecule has 0 aliphatic carbocycles. The van der Waals surface area contributed by atoms with Gasteiger partial charge in [0.05, 0.1) is 24.7 Å². The van der Waals surface area contributed by atoms with E-state index in [9.17, 15) is 4.79 Å². The Morgan fingerprint density at radius 1 is 1.07 bits per heavy atom. The summed E-state index contributed by atoms with van der Waals surface area (Å²) in [4.78, 5) is 16.6. The van der Waals surface area contributed by atoms with Gasteiger partial charge in [-0.25, -0.2) is 4.98 Å². The zero-order valence-corrected chi connectivity index (χ0v) is 16.1. The van der Waals surface area contributed by atoms with Crippen LogP contribution in [-0.2, 0) is 0 Å².